The minimum absolute atomic E-state index is 0.0120. The van der Waals surface area contributed by atoms with Crippen LogP contribution in [0, 0.1) is 0 Å². The lowest BCUT2D eigenvalue weighted by atomic mass is 10.3. The Kier molecular flexibility index (Phi) is 5.04. The van der Waals surface area contributed by atoms with Crippen LogP contribution < -0.4 is 10.6 Å². The SMILES string of the molecule is CCNC(=O)N1CCN(CC(=O)NC)CC1. The first-order valence-corrected chi connectivity index (χ1v) is 5.63. The predicted molar refractivity (Wildman–Crippen MR) is 61.2 cm³/mol. The van der Waals surface area contributed by atoms with Crippen molar-refractivity contribution in [3.63, 3.8) is 0 Å². The highest BCUT2D eigenvalue weighted by atomic mass is 16.2. The lowest BCUT2D eigenvalue weighted by Gasteiger charge is -2.34. The first kappa shape index (κ1) is 12.8. The molecule has 92 valence electrons. The zero-order valence-corrected chi connectivity index (χ0v) is 9.95. The molecule has 0 radical (unpaired) electrons. The number of urea groups is 1. The molecule has 0 aromatic heterocycles. The second-order valence-electron chi connectivity index (χ2n) is 3.77. The quantitative estimate of drug-likeness (QED) is 0.656. The van der Waals surface area contributed by atoms with Crippen LogP contribution in [-0.2, 0) is 4.79 Å². The first-order valence-electron chi connectivity index (χ1n) is 5.63. The van der Waals surface area contributed by atoms with Crippen LogP contribution in [0.2, 0.25) is 0 Å². The van der Waals surface area contributed by atoms with Crippen molar-refractivity contribution in [3.8, 4) is 0 Å². The summed E-state index contributed by atoms with van der Waals surface area (Å²) in [4.78, 5) is 26.5. The molecule has 16 heavy (non-hydrogen) atoms. The number of carbonyl (C=O) groups is 2. The molecule has 1 aliphatic rings. The van der Waals surface area contributed by atoms with Gasteiger partial charge < -0.3 is 15.5 Å². The second kappa shape index (κ2) is 6.32. The highest BCUT2D eigenvalue weighted by molar-refractivity contribution is 5.77. The number of amides is 3. The van der Waals surface area contributed by atoms with E-state index in [0.29, 0.717) is 26.2 Å². The molecule has 1 saturated heterocycles. The van der Waals surface area contributed by atoms with E-state index in [1.807, 2.05) is 6.92 Å². The Balaban J connectivity index is 2.28. The van der Waals surface area contributed by atoms with E-state index in [4.69, 9.17) is 0 Å². The Morgan fingerprint density at radius 1 is 1.19 bits per heavy atom. The van der Waals surface area contributed by atoms with Crippen molar-refractivity contribution < 1.29 is 9.59 Å². The third-order valence-corrected chi connectivity index (χ3v) is 2.63. The van der Waals surface area contributed by atoms with Crippen molar-refractivity contribution in [2.75, 3.05) is 46.3 Å². The molecule has 0 atom stereocenters. The lowest BCUT2D eigenvalue weighted by molar-refractivity contribution is -0.122. The molecule has 6 heteroatoms. The van der Waals surface area contributed by atoms with Crippen LogP contribution in [0.3, 0.4) is 0 Å². The van der Waals surface area contributed by atoms with Crippen LogP contribution in [0.25, 0.3) is 0 Å². The summed E-state index contributed by atoms with van der Waals surface area (Å²) >= 11 is 0. The minimum atomic E-state index is -0.0120. The van der Waals surface area contributed by atoms with Gasteiger partial charge in [0.1, 0.15) is 0 Å². The Morgan fingerprint density at radius 2 is 1.81 bits per heavy atom. The fourth-order valence-corrected chi connectivity index (χ4v) is 1.65. The second-order valence-corrected chi connectivity index (χ2v) is 3.77. The Labute approximate surface area is 96.0 Å². The Bertz CT molecular complexity index is 249. The average molecular weight is 228 g/mol. The molecule has 0 bridgehead atoms. The van der Waals surface area contributed by atoms with Gasteiger partial charge in [-0.2, -0.15) is 0 Å². The molecule has 0 aromatic carbocycles. The van der Waals surface area contributed by atoms with Crippen LogP contribution >= 0.6 is 0 Å². The van der Waals surface area contributed by atoms with Gasteiger partial charge in [-0.15, -0.1) is 0 Å². The number of hydrogen-bond donors (Lipinski definition) is 2. The number of piperazine rings is 1. The minimum Gasteiger partial charge on any atom is -0.358 e. The summed E-state index contributed by atoms with van der Waals surface area (Å²) in [5.41, 5.74) is 0. The molecule has 0 saturated carbocycles. The van der Waals surface area contributed by atoms with Gasteiger partial charge in [0.2, 0.25) is 5.91 Å². The van der Waals surface area contributed by atoms with Gasteiger partial charge in [0.05, 0.1) is 6.54 Å². The van der Waals surface area contributed by atoms with Crippen LogP contribution in [-0.4, -0.2) is 68.1 Å². The van der Waals surface area contributed by atoms with Crippen molar-refractivity contribution in [3.05, 3.63) is 0 Å². The van der Waals surface area contributed by atoms with Gasteiger partial charge in [-0.1, -0.05) is 0 Å². The van der Waals surface area contributed by atoms with Crippen molar-refractivity contribution in [1.82, 2.24) is 20.4 Å². The van der Waals surface area contributed by atoms with E-state index in [1.54, 1.807) is 11.9 Å². The molecule has 0 aliphatic carbocycles. The van der Waals surface area contributed by atoms with Crippen molar-refractivity contribution in [2.45, 2.75) is 6.92 Å². The summed E-state index contributed by atoms with van der Waals surface area (Å²) in [7, 11) is 1.63. The van der Waals surface area contributed by atoms with E-state index in [-0.39, 0.29) is 11.9 Å². The number of hydrogen-bond acceptors (Lipinski definition) is 3. The maximum absolute atomic E-state index is 11.5. The molecular weight excluding hydrogens is 208 g/mol. The summed E-state index contributed by atoms with van der Waals surface area (Å²) in [5, 5.41) is 5.36. The molecule has 1 fully saturated rings. The number of likely N-dealkylation sites (N-methyl/N-ethyl adjacent to an activating group) is 1. The topological polar surface area (TPSA) is 64.7 Å². The number of nitrogens with zero attached hydrogens (tertiary/aromatic N) is 2. The van der Waals surface area contributed by atoms with Crippen LogP contribution in [0.1, 0.15) is 6.92 Å². The lowest BCUT2D eigenvalue weighted by Crippen LogP contribution is -2.53. The van der Waals surface area contributed by atoms with E-state index in [0.717, 1.165) is 13.1 Å². The van der Waals surface area contributed by atoms with Gasteiger partial charge in [-0.3, -0.25) is 9.69 Å². The van der Waals surface area contributed by atoms with Gasteiger partial charge >= 0.3 is 6.03 Å². The predicted octanol–water partition coefficient (Wildman–Crippen LogP) is -0.920. The van der Waals surface area contributed by atoms with Crippen LogP contribution in [0.4, 0.5) is 4.79 Å². The van der Waals surface area contributed by atoms with E-state index in [1.165, 1.54) is 0 Å². The van der Waals surface area contributed by atoms with Crippen LogP contribution in [0.15, 0.2) is 0 Å². The smallest absolute Gasteiger partial charge is 0.317 e. The number of nitrogens with one attached hydrogen (secondary N) is 2. The van der Waals surface area contributed by atoms with Crippen molar-refractivity contribution in [1.29, 1.82) is 0 Å². The molecule has 1 heterocycles. The summed E-state index contributed by atoms with van der Waals surface area (Å²) in [6.45, 7) is 5.84. The Morgan fingerprint density at radius 3 is 2.31 bits per heavy atom. The van der Waals surface area contributed by atoms with Gasteiger partial charge in [0, 0.05) is 39.8 Å². The zero-order valence-electron chi connectivity index (χ0n) is 9.95. The monoisotopic (exact) mass is 228 g/mol. The fourth-order valence-electron chi connectivity index (χ4n) is 1.65. The van der Waals surface area contributed by atoms with E-state index >= 15 is 0 Å². The average Bonchev–Trinajstić information content (AvgIpc) is 2.30. The van der Waals surface area contributed by atoms with Gasteiger partial charge in [-0.05, 0) is 6.92 Å². The fraction of sp³-hybridized carbons (Fsp3) is 0.800. The molecule has 1 rings (SSSR count). The maximum atomic E-state index is 11.5. The molecule has 2 N–H and O–H groups in total. The standard InChI is InChI=1S/C10H20N4O2/c1-3-12-10(16)14-6-4-13(5-7-14)8-9(15)11-2/h3-8H2,1-2H3,(H,11,15)(H,12,16). The zero-order chi connectivity index (χ0) is 12.0. The van der Waals surface area contributed by atoms with Crippen molar-refractivity contribution >= 4 is 11.9 Å². The third kappa shape index (κ3) is 3.69. The Hall–Kier alpha value is -1.30. The summed E-state index contributed by atoms with van der Waals surface area (Å²) in [6.07, 6.45) is 0. The summed E-state index contributed by atoms with van der Waals surface area (Å²) in [5.74, 6) is 0.0199. The largest absolute Gasteiger partial charge is 0.358 e. The molecular formula is C10H20N4O2. The maximum Gasteiger partial charge on any atom is 0.317 e. The van der Waals surface area contributed by atoms with Gasteiger partial charge in [0.25, 0.3) is 0 Å². The molecule has 1 aliphatic heterocycles. The molecule has 6 nitrogen and oxygen atoms in total. The molecule has 0 unspecified atom stereocenters. The van der Waals surface area contributed by atoms with Crippen LogP contribution in [0.5, 0.6) is 0 Å². The van der Waals surface area contributed by atoms with Gasteiger partial charge in [-0.25, -0.2) is 4.79 Å². The highest BCUT2D eigenvalue weighted by Gasteiger charge is 2.21. The molecule has 0 aromatic rings. The van der Waals surface area contributed by atoms with Gasteiger partial charge in [0.15, 0.2) is 0 Å². The third-order valence-electron chi connectivity index (χ3n) is 2.63. The highest BCUT2D eigenvalue weighted by Crippen LogP contribution is 2.01. The number of carbonyl (C=O) groups excluding carboxylic acids is 2. The normalized spacial score (nSPS) is 17.0. The molecule has 3 amide bonds. The summed E-state index contributed by atoms with van der Waals surface area (Å²) < 4.78 is 0. The van der Waals surface area contributed by atoms with E-state index in [2.05, 4.69) is 15.5 Å². The number of rotatable bonds is 3. The molecule has 0 spiro atoms. The first-order chi connectivity index (χ1) is 7.67. The van der Waals surface area contributed by atoms with E-state index in [9.17, 15) is 9.59 Å². The summed E-state index contributed by atoms with van der Waals surface area (Å²) in [6, 6.07) is -0.0120. The van der Waals surface area contributed by atoms with Crippen molar-refractivity contribution in [2.24, 2.45) is 0 Å². The van der Waals surface area contributed by atoms with E-state index < -0.39 is 0 Å².